The number of hydrogen-bond donors (Lipinski definition) is 4. The van der Waals surface area contributed by atoms with Crippen molar-refractivity contribution in [3.63, 3.8) is 0 Å². The lowest BCUT2D eigenvalue weighted by Gasteiger charge is -2.15. The SMILES string of the molecule is Nc1ncnc2c1c(OCCCl)nn2[C@@H]1O[C@H](COS(N)(=O)=O)[C@@H](O)[C@H]1O. The van der Waals surface area contributed by atoms with Crippen LogP contribution in [0.1, 0.15) is 6.23 Å². The number of aliphatic hydroxyl groups is 2. The average molecular weight is 425 g/mol. The Morgan fingerprint density at radius 1 is 1.33 bits per heavy atom. The molecule has 0 saturated carbocycles. The van der Waals surface area contributed by atoms with Gasteiger partial charge in [0.1, 0.15) is 42.5 Å². The molecule has 0 unspecified atom stereocenters. The van der Waals surface area contributed by atoms with Crippen molar-refractivity contribution in [3.8, 4) is 5.88 Å². The lowest BCUT2D eigenvalue weighted by molar-refractivity contribution is -0.0531. The summed E-state index contributed by atoms with van der Waals surface area (Å²) in [5.41, 5.74) is 6.03. The lowest BCUT2D eigenvalue weighted by Crippen LogP contribution is -2.35. The summed E-state index contributed by atoms with van der Waals surface area (Å²) >= 11 is 5.62. The number of hydrogen-bond acceptors (Lipinski definition) is 11. The first-order chi connectivity index (χ1) is 12.7. The number of nitrogens with two attached hydrogens (primary N) is 2. The third-order valence-corrected chi connectivity index (χ3v) is 4.40. The van der Waals surface area contributed by atoms with Gasteiger partial charge < -0.3 is 25.4 Å². The molecule has 150 valence electrons. The highest BCUT2D eigenvalue weighted by molar-refractivity contribution is 7.84. The first-order valence-corrected chi connectivity index (χ1v) is 9.59. The summed E-state index contributed by atoms with van der Waals surface area (Å²) in [6.07, 6.45) is -4.17. The normalized spacial score (nSPS) is 25.9. The minimum Gasteiger partial charge on any atom is -0.475 e. The van der Waals surface area contributed by atoms with E-state index in [0.29, 0.717) is 0 Å². The molecule has 27 heavy (non-hydrogen) atoms. The van der Waals surface area contributed by atoms with Gasteiger partial charge in [0.2, 0.25) is 5.88 Å². The predicted octanol–water partition coefficient (Wildman–Crippen LogP) is -2.13. The Labute approximate surface area is 158 Å². The molecule has 6 N–H and O–H groups in total. The molecule has 15 heteroatoms. The fourth-order valence-electron chi connectivity index (χ4n) is 2.61. The second-order valence-corrected chi connectivity index (χ2v) is 7.17. The summed E-state index contributed by atoms with van der Waals surface area (Å²) < 4.78 is 38.4. The Kier molecular flexibility index (Phi) is 5.66. The molecular weight excluding hydrogens is 408 g/mol. The Bertz CT molecular complexity index is 924. The van der Waals surface area contributed by atoms with Crippen LogP contribution in [0.25, 0.3) is 11.0 Å². The van der Waals surface area contributed by atoms with Crippen LogP contribution in [-0.2, 0) is 19.2 Å². The molecule has 0 amide bonds. The number of aliphatic hydroxyl groups excluding tert-OH is 2. The number of nitrogen functional groups attached to an aromatic ring is 1. The van der Waals surface area contributed by atoms with Gasteiger partial charge in [0.05, 0.1) is 12.5 Å². The Morgan fingerprint density at radius 3 is 2.74 bits per heavy atom. The summed E-state index contributed by atoms with van der Waals surface area (Å²) in [6.45, 7) is -0.469. The van der Waals surface area contributed by atoms with Crippen molar-refractivity contribution in [2.45, 2.75) is 24.5 Å². The maximum atomic E-state index is 10.9. The molecule has 0 bridgehead atoms. The number of fused-ring (bicyclic) bond motifs is 1. The smallest absolute Gasteiger partial charge is 0.333 e. The number of alkyl halides is 1. The van der Waals surface area contributed by atoms with Crippen molar-refractivity contribution >= 4 is 38.8 Å². The summed E-state index contributed by atoms with van der Waals surface area (Å²) in [5.74, 6) is 0.340. The van der Waals surface area contributed by atoms with Gasteiger partial charge in [-0.05, 0) is 0 Å². The largest absolute Gasteiger partial charge is 0.475 e. The zero-order valence-electron chi connectivity index (χ0n) is 13.7. The van der Waals surface area contributed by atoms with Crippen molar-refractivity contribution in [2.75, 3.05) is 24.8 Å². The van der Waals surface area contributed by atoms with Crippen LogP contribution in [0.2, 0.25) is 0 Å². The van der Waals surface area contributed by atoms with Crippen LogP contribution in [0.4, 0.5) is 5.82 Å². The molecule has 2 aromatic rings. The van der Waals surface area contributed by atoms with Gasteiger partial charge in [-0.15, -0.1) is 16.7 Å². The van der Waals surface area contributed by atoms with Crippen LogP contribution in [0, 0.1) is 0 Å². The van der Waals surface area contributed by atoms with Crippen LogP contribution >= 0.6 is 11.6 Å². The van der Waals surface area contributed by atoms with E-state index in [-0.39, 0.29) is 35.2 Å². The highest BCUT2D eigenvalue weighted by Crippen LogP contribution is 2.35. The number of aromatic nitrogens is 4. The third kappa shape index (κ3) is 4.06. The van der Waals surface area contributed by atoms with Gasteiger partial charge in [0.25, 0.3) is 0 Å². The molecule has 0 spiro atoms. The van der Waals surface area contributed by atoms with Gasteiger partial charge in [-0.3, -0.25) is 4.18 Å². The molecule has 1 saturated heterocycles. The summed E-state index contributed by atoms with van der Waals surface area (Å²) in [4.78, 5) is 7.93. The first-order valence-electron chi connectivity index (χ1n) is 7.59. The third-order valence-electron chi connectivity index (χ3n) is 3.78. The van der Waals surface area contributed by atoms with E-state index in [4.69, 9.17) is 31.9 Å². The van der Waals surface area contributed by atoms with E-state index in [0.717, 1.165) is 4.68 Å². The number of ether oxygens (including phenoxy) is 2. The fourth-order valence-corrected chi connectivity index (χ4v) is 3.01. The summed E-state index contributed by atoms with van der Waals surface area (Å²) in [7, 11) is -4.25. The van der Waals surface area contributed by atoms with Crippen LogP contribution in [0.5, 0.6) is 5.88 Å². The highest BCUT2D eigenvalue weighted by Gasteiger charge is 2.45. The van der Waals surface area contributed by atoms with Crippen LogP contribution < -0.4 is 15.6 Å². The summed E-state index contributed by atoms with van der Waals surface area (Å²) in [6, 6.07) is 0. The molecular formula is C12H17ClN6O7S. The minimum atomic E-state index is -4.25. The molecule has 3 rings (SSSR count). The van der Waals surface area contributed by atoms with Gasteiger partial charge in [0.15, 0.2) is 11.9 Å². The van der Waals surface area contributed by atoms with E-state index in [1.54, 1.807) is 0 Å². The molecule has 0 aromatic carbocycles. The highest BCUT2D eigenvalue weighted by atomic mass is 35.5. The van der Waals surface area contributed by atoms with Gasteiger partial charge in [-0.2, -0.15) is 8.42 Å². The van der Waals surface area contributed by atoms with Crippen LogP contribution in [0.15, 0.2) is 6.33 Å². The second-order valence-electron chi connectivity index (χ2n) is 5.57. The molecule has 0 aliphatic carbocycles. The molecule has 1 aliphatic rings. The van der Waals surface area contributed by atoms with Crippen molar-refractivity contribution < 1.29 is 32.3 Å². The Morgan fingerprint density at radius 2 is 2.07 bits per heavy atom. The van der Waals surface area contributed by atoms with E-state index < -0.39 is 41.5 Å². The Hall–Kier alpha value is -1.81. The number of halogens is 1. The number of nitrogens with zero attached hydrogens (tertiary/aromatic N) is 4. The van der Waals surface area contributed by atoms with Gasteiger partial charge in [-0.1, -0.05) is 0 Å². The van der Waals surface area contributed by atoms with Gasteiger partial charge in [-0.25, -0.2) is 19.8 Å². The molecule has 3 heterocycles. The van der Waals surface area contributed by atoms with Crippen molar-refractivity contribution in [2.24, 2.45) is 5.14 Å². The maximum Gasteiger partial charge on any atom is 0.333 e. The van der Waals surface area contributed by atoms with E-state index in [1.807, 2.05) is 0 Å². The molecule has 4 atom stereocenters. The zero-order valence-corrected chi connectivity index (χ0v) is 15.2. The summed E-state index contributed by atoms with van der Waals surface area (Å²) in [5, 5.41) is 29.6. The topological polar surface area (TPSA) is 198 Å². The number of rotatable bonds is 7. The zero-order chi connectivity index (χ0) is 19.8. The molecule has 1 fully saturated rings. The van der Waals surface area contributed by atoms with Crippen molar-refractivity contribution in [1.29, 1.82) is 0 Å². The number of anilines is 1. The lowest BCUT2D eigenvalue weighted by atomic mass is 10.1. The predicted molar refractivity (Wildman–Crippen MR) is 90.9 cm³/mol. The van der Waals surface area contributed by atoms with Crippen molar-refractivity contribution in [1.82, 2.24) is 19.7 Å². The Balaban J connectivity index is 1.93. The van der Waals surface area contributed by atoms with E-state index >= 15 is 0 Å². The standard InChI is InChI=1S/C12H17ClN6O7S/c13-1-2-24-11-6-9(14)16-4-17-10(6)19(18-11)12-8(21)7(20)5(26-12)3-25-27(15,22)23/h4-5,7-8,12,20-21H,1-3H2,(H2,14,16,17)(H2,15,22,23)/t5-,7-,8-,12-/m1/s1. The minimum absolute atomic E-state index is 0.0678. The van der Waals surface area contributed by atoms with Gasteiger partial charge in [0, 0.05) is 0 Å². The monoisotopic (exact) mass is 424 g/mol. The van der Waals surface area contributed by atoms with E-state index in [2.05, 4.69) is 19.2 Å². The first kappa shape index (κ1) is 19.9. The molecule has 1 aliphatic heterocycles. The van der Waals surface area contributed by atoms with E-state index in [1.165, 1.54) is 6.33 Å². The van der Waals surface area contributed by atoms with Crippen molar-refractivity contribution in [3.05, 3.63) is 6.33 Å². The van der Waals surface area contributed by atoms with Crippen LogP contribution in [-0.4, -0.2) is 75.8 Å². The molecule has 0 radical (unpaired) electrons. The molecule has 2 aromatic heterocycles. The van der Waals surface area contributed by atoms with E-state index in [9.17, 15) is 18.6 Å². The fraction of sp³-hybridized carbons (Fsp3) is 0.583. The molecule has 13 nitrogen and oxygen atoms in total. The average Bonchev–Trinajstić information content (AvgIpc) is 3.10. The maximum absolute atomic E-state index is 10.9. The quantitative estimate of drug-likeness (QED) is 0.354. The second kappa shape index (κ2) is 7.67. The van der Waals surface area contributed by atoms with Gasteiger partial charge >= 0.3 is 10.3 Å². The van der Waals surface area contributed by atoms with Crippen LogP contribution in [0.3, 0.4) is 0 Å².